The Bertz CT molecular complexity index is 730. The molecule has 0 bridgehead atoms. The van der Waals surface area contributed by atoms with E-state index in [9.17, 15) is 13.2 Å². The van der Waals surface area contributed by atoms with Gasteiger partial charge in [0.2, 0.25) is 0 Å². The van der Waals surface area contributed by atoms with Crippen molar-refractivity contribution in [3.05, 3.63) is 28.8 Å². The maximum Gasteiger partial charge on any atom is 0.317 e. The molecule has 2 saturated heterocycles. The number of nitrogens with zero attached hydrogens (tertiary/aromatic N) is 2. The van der Waals surface area contributed by atoms with Crippen molar-refractivity contribution in [1.82, 2.24) is 10.2 Å². The van der Waals surface area contributed by atoms with E-state index in [2.05, 4.69) is 10.2 Å². The van der Waals surface area contributed by atoms with Crippen molar-refractivity contribution < 1.29 is 13.2 Å². The molecule has 3 rings (SSSR count). The molecule has 2 heterocycles. The van der Waals surface area contributed by atoms with Gasteiger partial charge in [-0.2, -0.15) is 0 Å². The molecule has 2 amide bonds. The minimum Gasteiger partial charge on any atom is -0.368 e. The Labute approximate surface area is 147 Å². The molecule has 0 radical (unpaired) electrons. The van der Waals surface area contributed by atoms with Crippen LogP contribution in [0, 0.1) is 6.92 Å². The highest BCUT2D eigenvalue weighted by Gasteiger charge is 2.31. The van der Waals surface area contributed by atoms with E-state index in [1.54, 1.807) is 4.90 Å². The van der Waals surface area contributed by atoms with Gasteiger partial charge in [0, 0.05) is 42.9 Å². The maximum atomic E-state index is 12.3. The van der Waals surface area contributed by atoms with Crippen molar-refractivity contribution in [1.29, 1.82) is 0 Å². The quantitative estimate of drug-likeness (QED) is 0.858. The topological polar surface area (TPSA) is 69.7 Å². The van der Waals surface area contributed by atoms with Crippen LogP contribution in [0.2, 0.25) is 5.02 Å². The van der Waals surface area contributed by atoms with Gasteiger partial charge in [-0.05, 0) is 37.1 Å². The molecule has 0 aliphatic carbocycles. The lowest BCUT2D eigenvalue weighted by atomic mass is 10.1. The number of urea groups is 1. The zero-order valence-corrected chi connectivity index (χ0v) is 15.2. The molecule has 1 N–H and O–H groups in total. The van der Waals surface area contributed by atoms with Crippen LogP contribution in [0.1, 0.15) is 12.0 Å². The Morgan fingerprint density at radius 2 is 1.96 bits per heavy atom. The summed E-state index contributed by atoms with van der Waals surface area (Å²) in [6.45, 7) is 4.76. The van der Waals surface area contributed by atoms with Gasteiger partial charge in [-0.25, -0.2) is 13.2 Å². The number of aryl methyl sites for hydroxylation is 1. The molecule has 0 spiro atoms. The molecule has 1 aromatic rings. The number of hydrogen-bond donors (Lipinski definition) is 1. The third-order valence-corrected chi connectivity index (χ3v) is 6.63. The van der Waals surface area contributed by atoms with Gasteiger partial charge in [-0.3, -0.25) is 0 Å². The summed E-state index contributed by atoms with van der Waals surface area (Å²) in [5.74, 6) is 0.226. The van der Waals surface area contributed by atoms with Gasteiger partial charge in [0.05, 0.1) is 11.5 Å². The Morgan fingerprint density at radius 3 is 2.54 bits per heavy atom. The second-order valence-corrected chi connectivity index (χ2v) is 9.12. The van der Waals surface area contributed by atoms with Gasteiger partial charge in [-0.15, -0.1) is 0 Å². The molecule has 2 aliphatic rings. The summed E-state index contributed by atoms with van der Waals surface area (Å²) in [7, 11) is -2.98. The van der Waals surface area contributed by atoms with Crippen LogP contribution < -0.4 is 10.2 Å². The lowest BCUT2D eigenvalue weighted by Gasteiger charge is -2.37. The number of sulfone groups is 1. The average Bonchev–Trinajstić information content (AvgIpc) is 2.86. The van der Waals surface area contributed by atoms with Gasteiger partial charge >= 0.3 is 6.03 Å². The standard InChI is InChI=1S/C16H22ClN3O3S/c1-12-10-13(17)2-3-15(12)19-5-7-20(8-6-19)16(21)18-14-4-9-24(22,23)11-14/h2-3,10,14H,4-9,11H2,1H3,(H,18,21). The molecule has 1 aromatic carbocycles. The number of halogens is 1. The number of amides is 2. The monoisotopic (exact) mass is 371 g/mol. The number of hydrogen-bond acceptors (Lipinski definition) is 4. The summed E-state index contributed by atoms with van der Waals surface area (Å²) >= 11 is 6.00. The van der Waals surface area contributed by atoms with Crippen LogP contribution in [-0.2, 0) is 9.84 Å². The molecule has 24 heavy (non-hydrogen) atoms. The minimum absolute atomic E-state index is 0.0582. The fraction of sp³-hybridized carbons (Fsp3) is 0.562. The molecule has 1 atom stereocenters. The van der Waals surface area contributed by atoms with Crippen LogP contribution in [0.3, 0.4) is 0 Å². The van der Waals surface area contributed by atoms with E-state index in [4.69, 9.17) is 11.6 Å². The molecule has 2 fully saturated rings. The van der Waals surface area contributed by atoms with Crippen LogP contribution in [0.5, 0.6) is 0 Å². The predicted octanol–water partition coefficient (Wildman–Crippen LogP) is 1.67. The third-order valence-electron chi connectivity index (χ3n) is 4.63. The second kappa shape index (κ2) is 6.80. The summed E-state index contributed by atoms with van der Waals surface area (Å²) in [4.78, 5) is 16.3. The highest BCUT2D eigenvalue weighted by Crippen LogP contribution is 2.24. The predicted molar refractivity (Wildman–Crippen MR) is 95.6 cm³/mol. The van der Waals surface area contributed by atoms with Crippen LogP contribution in [0.15, 0.2) is 18.2 Å². The SMILES string of the molecule is Cc1cc(Cl)ccc1N1CCN(C(=O)NC2CCS(=O)(=O)C2)CC1. The highest BCUT2D eigenvalue weighted by molar-refractivity contribution is 7.91. The highest BCUT2D eigenvalue weighted by atomic mass is 35.5. The first-order valence-electron chi connectivity index (χ1n) is 8.11. The zero-order chi connectivity index (χ0) is 17.3. The van der Waals surface area contributed by atoms with Crippen molar-refractivity contribution in [2.45, 2.75) is 19.4 Å². The normalized spacial score (nSPS) is 23.3. The van der Waals surface area contributed by atoms with Crippen LogP contribution in [0.4, 0.5) is 10.5 Å². The van der Waals surface area contributed by atoms with E-state index in [-0.39, 0.29) is 23.6 Å². The van der Waals surface area contributed by atoms with Gasteiger partial charge in [0.25, 0.3) is 0 Å². The van der Waals surface area contributed by atoms with Crippen molar-refractivity contribution in [3.8, 4) is 0 Å². The summed E-state index contributed by atoms with van der Waals surface area (Å²) in [5, 5.41) is 3.57. The Balaban J connectivity index is 1.54. The van der Waals surface area contributed by atoms with Crippen molar-refractivity contribution in [2.75, 3.05) is 42.6 Å². The fourth-order valence-electron chi connectivity index (χ4n) is 3.30. The number of piperazine rings is 1. The lowest BCUT2D eigenvalue weighted by Crippen LogP contribution is -2.53. The van der Waals surface area contributed by atoms with Gasteiger partial charge in [-0.1, -0.05) is 11.6 Å². The number of benzene rings is 1. The lowest BCUT2D eigenvalue weighted by molar-refractivity contribution is 0.191. The van der Waals surface area contributed by atoms with Crippen molar-refractivity contribution >= 4 is 33.2 Å². The first-order chi connectivity index (χ1) is 11.3. The van der Waals surface area contributed by atoms with Crippen LogP contribution in [0.25, 0.3) is 0 Å². The first kappa shape index (κ1) is 17.4. The smallest absolute Gasteiger partial charge is 0.317 e. The Kier molecular flexibility index (Phi) is 4.92. The Hall–Kier alpha value is -1.47. The molecule has 132 valence electrons. The molecule has 0 aromatic heterocycles. The molecule has 8 heteroatoms. The molecular formula is C16H22ClN3O3S. The van der Waals surface area contributed by atoms with Gasteiger partial charge in [0.1, 0.15) is 0 Å². The average molecular weight is 372 g/mol. The second-order valence-electron chi connectivity index (χ2n) is 6.45. The molecule has 0 saturated carbocycles. The van der Waals surface area contributed by atoms with Gasteiger partial charge in [0.15, 0.2) is 9.84 Å². The van der Waals surface area contributed by atoms with E-state index in [0.717, 1.165) is 29.4 Å². The number of rotatable bonds is 2. The zero-order valence-electron chi connectivity index (χ0n) is 13.7. The Morgan fingerprint density at radius 1 is 1.25 bits per heavy atom. The minimum atomic E-state index is -2.98. The van der Waals surface area contributed by atoms with E-state index in [0.29, 0.717) is 19.5 Å². The number of anilines is 1. The van der Waals surface area contributed by atoms with Crippen LogP contribution in [-0.4, -0.2) is 63.1 Å². The first-order valence-corrected chi connectivity index (χ1v) is 10.3. The van der Waals surface area contributed by atoms with E-state index in [1.165, 1.54) is 0 Å². The summed E-state index contributed by atoms with van der Waals surface area (Å²) < 4.78 is 22.9. The number of carbonyl (C=O) groups is 1. The van der Waals surface area contributed by atoms with E-state index in [1.807, 2.05) is 25.1 Å². The third kappa shape index (κ3) is 3.95. The fourth-order valence-corrected chi connectivity index (χ4v) is 5.20. The molecule has 6 nitrogen and oxygen atoms in total. The van der Waals surface area contributed by atoms with Gasteiger partial charge < -0.3 is 15.1 Å². The molecular weight excluding hydrogens is 350 g/mol. The van der Waals surface area contributed by atoms with Crippen LogP contribution >= 0.6 is 11.6 Å². The number of nitrogens with one attached hydrogen (secondary N) is 1. The molecule has 2 aliphatic heterocycles. The number of carbonyl (C=O) groups excluding carboxylic acids is 1. The van der Waals surface area contributed by atoms with Crippen molar-refractivity contribution in [2.24, 2.45) is 0 Å². The van der Waals surface area contributed by atoms with Crippen molar-refractivity contribution in [3.63, 3.8) is 0 Å². The summed E-state index contributed by atoms with van der Waals surface area (Å²) in [5.41, 5.74) is 2.26. The summed E-state index contributed by atoms with van der Waals surface area (Å²) in [6.07, 6.45) is 0.512. The molecule has 1 unspecified atom stereocenters. The van der Waals surface area contributed by atoms with E-state index < -0.39 is 9.84 Å². The maximum absolute atomic E-state index is 12.3. The van der Waals surface area contributed by atoms with E-state index >= 15 is 0 Å². The summed E-state index contributed by atoms with van der Waals surface area (Å²) in [6, 6.07) is 5.42. The largest absolute Gasteiger partial charge is 0.368 e.